The summed E-state index contributed by atoms with van der Waals surface area (Å²) in [5, 5.41) is 0. The van der Waals surface area contributed by atoms with Crippen molar-refractivity contribution in [3.63, 3.8) is 0 Å². The van der Waals surface area contributed by atoms with Gasteiger partial charge in [0.25, 0.3) is 0 Å². The summed E-state index contributed by atoms with van der Waals surface area (Å²) in [4.78, 5) is 13.9. The Balaban J connectivity index is 0.00000187. The van der Waals surface area contributed by atoms with Crippen LogP contribution in [0.2, 0.25) is 0 Å². The molecule has 1 N–H and O–H groups in total. The van der Waals surface area contributed by atoms with Gasteiger partial charge in [0.15, 0.2) is 0 Å². The van der Waals surface area contributed by atoms with Crippen molar-refractivity contribution in [2.75, 3.05) is 33.3 Å². The summed E-state index contributed by atoms with van der Waals surface area (Å²) in [6.07, 6.45) is 2.24. The summed E-state index contributed by atoms with van der Waals surface area (Å²) in [5.74, 6) is 1.87. The molecule has 1 aromatic heterocycles. The van der Waals surface area contributed by atoms with Gasteiger partial charge in [-0.05, 0) is 56.5 Å². The van der Waals surface area contributed by atoms with E-state index in [2.05, 4.69) is 107 Å². The first-order valence-electron chi connectivity index (χ1n) is 13.4. The van der Waals surface area contributed by atoms with E-state index in [1.807, 2.05) is 6.07 Å². The highest BCUT2D eigenvalue weighted by Gasteiger charge is 2.33. The quantitative estimate of drug-likeness (QED) is 0.213. The van der Waals surface area contributed by atoms with Gasteiger partial charge in [0.05, 0.1) is 18.8 Å². The maximum atomic E-state index is 5.30. The number of nitrogens with zero attached hydrogens (tertiary/aromatic N) is 3. The highest BCUT2D eigenvalue weighted by molar-refractivity contribution is 5.86. The van der Waals surface area contributed by atoms with Crippen LogP contribution in [-0.2, 0) is 6.42 Å². The minimum absolute atomic E-state index is 0. The molecule has 3 aromatic carbocycles. The lowest BCUT2D eigenvalue weighted by molar-refractivity contribution is 0.0427. The van der Waals surface area contributed by atoms with Crippen LogP contribution in [0.1, 0.15) is 47.9 Å². The van der Waals surface area contributed by atoms with Crippen LogP contribution in [-0.4, -0.2) is 53.1 Å². The first kappa shape index (κ1) is 33.7. The van der Waals surface area contributed by atoms with Crippen LogP contribution < -0.4 is 4.74 Å². The zero-order valence-corrected chi connectivity index (χ0v) is 25.9. The van der Waals surface area contributed by atoms with Gasteiger partial charge >= 0.3 is 0 Å². The van der Waals surface area contributed by atoms with Crippen LogP contribution in [0.15, 0.2) is 84.9 Å². The number of aromatic amines is 1. The van der Waals surface area contributed by atoms with Crippen LogP contribution in [0.3, 0.4) is 0 Å². The predicted octanol–water partition coefficient (Wildman–Crippen LogP) is 7.71. The number of aryl methyl sites for hydroxylation is 2. The van der Waals surface area contributed by atoms with Crippen LogP contribution in [0.5, 0.6) is 5.75 Å². The normalized spacial score (nSPS) is 16.2. The number of piperazine rings is 1. The molecule has 40 heavy (non-hydrogen) atoms. The van der Waals surface area contributed by atoms with Gasteiger partial charge in [-0.1, -0.05) is 72.8 Å². The third kappa shape index (κ3) is 8.02. The Labute approximate surface area is 257 Å². The highest BCUT2D eigenvalue weighted by Crippen LogP contribution is 2.35. The number of H-pyrrole nitrogens is 1. The van der Waals surface area contributed by atoms with Crippen LogP contribution in [0, 0.1) is 6.92 Å². The third-order valence-corrected chi connectivity index (χ3v) is 7.65. The predicted molar refractivity (Wildman–Crippen MR) is 173 cm³/mol. The lowest BCUT2D eigenvalue weighted by Crippen LogP contribution is -2.49. The molecule has 0 amide bonds. The maximum Gasteiger partial charge on any atom is 0.137 e. The maximum absolute atomic E-state index is 5.30. The molecule has 2 unspecified atom stereocenters. The number of benzene rings is 3. The molecule has 1 aliphatic rings. The van der Waals surface area contributed by atoms with E-state index in [4.69, 9.17) is 9.72 Å². The standard InChI is InChI=1S/C32H38N4O.3ClH/c1-24-31(34-32(33-24)28-14-8-5-9-15-28)25(2)36-22-21-35(23-30(36)27-12-6-4-7-13-27)20-10-11-26-16-18-29(37-3)19-17-26;;;/h4-9,12-19,25,30H,10-11,20-23H2,1-3H3,(H,33,34);3*1H. The molecule has 2 atom stereocenters. The van der Waals surface area contributed by atoms with E-state index >= 15 is 0 Å². The number of halogens is 3. The summed E-state index contributed by atoms with van der Waals surface area (Å²) < 4.78 is 5.30. The molecule has 1 saturated heterocycles. The topological polar surface area (TPSA) is 44.4 Å². The van der Waals surface area contributed by atoms with Gasteiger partial charge in [-0.3, -0.25) is 4.90 Å². The van der Waals surface area contributed by atoms with Gasteiger partial charge in [-0.15, -0.1) is 37.2 Å². The average molecular weight is 604 g/mol. The number of aromatic nitrogens is 2. The summed E-state index contributed by atoms with van der Waals surface area (Å²) in [6, 6.07) is 30.4. The SMILES string of the molecule is COc1ccc(CCCN2CCN(C(C)c3nc(-c4ccccc4)[nH]c3C)C(c3ccccc3)C2)cc1.Cl.Cl.Cl. The largest absolute Gasteiger partial charge is 0.497 e. The van der Waals surface area contributed by atoms with Gasteiger partial charge in [0.1, 0.15) is 11.6 Å². The van der Waals surface area contributed by atoms with Crippen molar-refractivity contribution >= 4 is 37.2 Å². The minimum Gasteiger partial charge on any atom is -0.497 e. The van der Waals surface area contributed by atoms with Crippen molar-refractivity contribution in [3.8, 4) is 17.1 Å². The molecule has 0 spiro atoms. The monoisotopic (exact) mass is 602 g/mol. The van der Waals surface area contributed by atoms with E-state index in [9.17, 15) is 0 Å². The van der Waals surface area contributed by atoms with Crippen molar-refractivity contribution < 1.29 is 4.74 Å². The molecule has 0 bridgehead atoms. The van der Waals surface area contributed by atoms with E-state index in [1.54, 1.807) is 7.11 Å². The van der Waals surface area contributed by atoms with E-state index in [-0.39, 0.29) is 43.3 Å². The van der Waals surface area contributed by atoms with Gasteiger partial charge in [0.2, 0.25) is 0 Å². The molecule has 0 saturated carbocycles. The fraction of sp³-hybridized carbons (Fsp3) is 0.344. The first-order valence-corrected chi connectivity index (χ1v) is 13.4. The zero-order chi connectivity index (χ0) is 25.6. The molecule has 5 nitrogen and oxygen atoms in total. The van der Waals surface area contributed by atoms with Gasteiger partial charge in [-0.25, -0.2) is 4.98 Å². The molecular formula is C32H41Cl3N4O. The van der Waals surface area contributed by atoms with Crippen LogP contribution in [0.25, 0.3) is 11.4 Å². The smallest absolute Gasteiger partial charge is 0.137 e. The third-order valence-electron chi connectivity index (χ3n) is 7.65. The molecule has 8 heteroatoms. The Bertz CT molecular complexity index is 1270. The average Bonchev–Trinajstić information content (AvgIpc) is 3.35. The lowest BCUT2D eigenvalue weighted by Gasteiger charge is -2.44. The first-order chi connectivity index (χ1) is 18.1. The summed E-state index contributed by atoms with van der Waals surface area (Å²) >= 11 is 0. The Morgan fingerprint density at radius 2 is 1.55 bits per heavy atom. The Kier molecular flexibility index (Phi) is 13.5. The summed E-state index contributed by atoms with van der Waals surface area (Å²) in [7, 11) is 1.72. The second-order valence-electron chi connectivity index (χ2n) is 10.1. The Morgan fingerprint density at radius 1 is 0.900 bits per heavy atom. The van der Waals surface area contributed by atoms with Gasteiger partial charge in [0, 0.05) is 36.9 Å². The van der Waals surface area contributed by atoms with Gasteiger partial charge < -0.3 is 14.6 Å². The summed E-state index contributed by atoms with van der Waals surface area (Å²) in [5.41, 5.74) is 6.18. The summed E-state index contributed by atoms with van der Waals surface area (Å²) in [6.45, 7) is 8.70. The second-order valence-corrected chi connectivity index (χ2v) is 10.1. The fourth-order valence-corrected chi connectivity index (χ4v) is 5.56. The molecular weight excluding hydrogens is 563 g/mol. The van der Waals surface area contributed by atoms with E-state index < -0.39 is 0 Å². The number of imidazole rings is 1. The lowest BCUT2D eigenvalue weighted by atomic mass is 9.98. The Morgan fingerprint density at radius 3 is 2.20 bits per heavy atom. The number of hydrogen-bond acceptors (Lipinski definition) is 4. The van der Waals surface area contributed by atoms with E-state index in [0.29, 0.717) is 6.04 Å². The van der Waals surface area contributed by atoms with E-state index in [0.717, 1.165) is 67.5 Å². The molecule has 1 aliphatic heterocycles. The van der Waals surface area contributed by atoms with Crippen LogP contribution >= 0.6 is 37.2 Å². The second kappa shape index (κ2) is 16.0. The fourth-order valence-electron chi connectivity index (χ4n) is 5.56. The number of nitrogens with one attached hydrogen (secondary N) is 1. The number of rotatable bonds is 9. The molecule has 1 fully saturated rings. The number of methoxy groups -OCH3 is 1. The Hall–Kier alpha value is -2.54. The molecule has 2 heterocycles. The van der Waals surface area contributed by atoms with Crippen molar-refractivity contribution in [1.82, 2.24) is 19.8 Å². The highest BCUT2D eigenvalue weighted by atomic mass is 35.5. The minimum atomic E-state index is 0. The molecule has 216 valence electrons. The van der Waals surface area contributed by atoms with Crippen molar-refractivity contribution in [1.29, 1.82) is 0 Å². The molecule has 0 radical (unpaired) electrons. The van der Waals surface area contributed by atoms with Crippen molar-refractivity contribution in [2.24, 2.45) is 0 Å². The van der Waals surface area contributed by atoms with E-state index in [1.165, 1.54) is 11.1 Å². The molecule has 5 rings (SSSR count). The van der Waals surface area contributed by atoms with Crippen LogP contribution in [0.4, 0.5) is 0 Å². The van der Waals surface area contributed by atoms with Crippen molar-refractivity contribution in [2.45, 2.75) is 38.8 Å². The molecule has 0 aliphatic carbocycles. The molecule has 4 aromatic rings. The zero-order valence-electron chi connectivity index (χ0n) is 23.5. The number of ether oxygens (including phenoxy) is 1. The van der Waals surface area contributed by atoms with Crippen molar-refractivity contribution in [3.05, 3.63) is 107 Å². The number of hydrogen-bond donors (Lipinski definition) is 1. The van der Waals surface area contributed by atoms with Gasteiger partial charge in [-0.2, -0.15) is 0 Å².